The Bertz CT molecular complexity index is 498. The molecule has 0 aromatic rings. The van der Waals surface area contributed by atoms with Crippen molar-refractivity contribution >= 4 is 22.4 Å². The van der Waals surface area contributed by atoms with E-state index in [0.717, 1.165) is 14.2 Å². The number of urea groups is 1. The molecule has 2 unspecified atom stereocenters. The summed E-state index contributed by atoms with van der Waals surface area (Å²) >= 11 is 0. The lowest BCUT2D eigenvalue weighted by Crippen LogP contribution is -2.50. The average Bonchev–Trinajstić information content (AvgIpc) is 2.68. The Balaban J connectivity index is 2.36. The second-order valence-corrected chi connectivity index (χ2v) is 6.06. The van der Waals surface area contributed by atoms with Gasteiger partial charge in [0.1, 0.15) is 0 Å². The van der Waals surface area contributed by atoms with Gasteiger partial charge in [0.25, 0.3) is 0 Å². The third-order valence-corrected chi connectivity index (χ3v) is 4.49. The van der Waals surface area contributed by atoms with Crippen LogP contribution >= 0.6 is 0 Å². The lowest BCUT2D eigenvalue weighted by Gasteiger charge is -2.28. The van der Waals surface area contributed by atoms with Gasteiger partial charge in [-0.15, -0.1) is 5.11 Å². The zero-order chi connectivity index (χ0) is 12.8. The highest BCUT2D eigenvalue weighted by Gasteiger charge is 2.46. The third kappa shape index (κ3) is 1.69. The number of hydrogen-bond acceptors (Lipinski definition) is 6. The van der Waals surface area contributed by atoms with Crippen LogP contribution in [-0.2, 0) is 10.0 Å². The van der Waals surface area contributed by atoms with Crippen LogP contribution in [-0.4, -0.2) is 67.7 Å². The van der Waals surface area contributed by atoms with Crippen molar-refractivity contribution < 1.29 is 13.2 Å². The second-order valence-electron chi connectivity index (χ2n) is 3.81. The predicted molar refractivity (Wildman–Crippen MR) is 58.5 cm³/mol. The minimum atomic E-state index is -3.62. The van der Waals surface area contributed by atoms with Crippen LogP contribution < -0.4 is 0 Å². The van der Waals surface area contributed by atoms with Gasteiger partial charge >= 0.3 is 6.03 Å². The van der Waals surface area contributed by atoms with E-state index in [0.29, 0.717) is 0 Å². The zero-order valence-corrected chi connectivity index (χ0v) is 10.4. The monoisotopic (exact) mass is 260 g/mol. The minimum absolute atomic E-state index is 0.454. The number of sulfonamides is 1. The molecule has 9 nitrogen and oxygen atoms in total. The maximum Gasteiger partial charge on any atom is 0.348 e. The summed E-state index contributed by atoms with van der Waals surface area (Å²) in [5, 5.41) is 7.25. The normalized spacial score (nSPS) is 28.1. The van der Waals surface area contributed by atoms with E-state index in [2.05, 4.69) is 15.3 Å². The number of hydrogen-bond donors (Lipinski definition) is 0. The first-order chi connectivity index (χ1) is 7.85. The Kier molecular flexibility index (Phi) is 2.62. The smallest absolute Gasteiger partial charge is 0.255 e. The number of aliphatic imine (C=N–C) groups is 1. The van der Waals surface area contributed by atoms with E-state index >= 15 is 0 Å². The van der Waals surface area contributed by atoms with E-state index in [1.807, 2.05) is 0 Å². The Hall–Kier alpha value is -1.55. The van der Waals surface area contributed by atoms with Crippen molar-refractivity contribution in [2.75, 3.05) is 21.1 Å². The van der Waals surface area contributed by atoms with Crippen molar-refractivity contribution in [3.63, 3.8) is 0 Å². The fourth-order valence-corrected chi connectivity index (χ4v) is 2.61. The average molecular weight is 260 g/mol. The zero-order valence-electron chi connectivity index (χ0n) is 9.55. The van der Waals surface area contributed by atoms with Gasteiger partial charge in [-0.2, -0.15) is 5.01 Å². The Morgan fingerprint density at radius 1 is 1.41 bits per heavy atom. The van der Waals surface area contributed by atoms with E-state index in [1.165, 1.54) is 27.5 Å². The molecule has 0 N–H and O–H groups in total. The minimum Gasteiger partial charge on any atom is -0.255 e. The van der Waals surface area contributed by atoms with Gasteiger partial charge in [-0.1, -0.05) is 5.22 Å². The van der Waals surface area contributed by atoms with Crippen molar-refractivity contribution in [1.29, 1.82) is 0 Å². The molecule has 2 atom stereocenters. The van der Waals surface area contributed by atoms with E-state index in [9.17, 15) is 13.2 Å². The second kappa shape index (κ2) is 3.74. The lowest BCUT2D eigenvalue weighted by atomic mass is 10.5. The summed E-state index contributed by atoms with van der Waals surface area (Å²) in [6.07, 6.45) is 0.277. The molecule has 0 aromatic carbocycles. The van der Waals surface area contributed by atoms with Gasteiger partial charge in [-0.25, -0.2) is 22.5 Å². The Labute approximate surface area is 98.4 Å². The Morgan fingerprint density at radius 2 is 2.06 bits per heavy atom. The van der Waals surface area contributed by atoms with Crippen molar-refractivity contribution in [3.8, 4) is 0 Å². The van der Waals surface area contributed by atoms with Crippen molar-refractivity contribution in [3.05, 3.63) is 0 Å². The molecule has 2 aliphatic heterocycles. The van der Waals surface area contributed by atoms with Crippen LogP contribution in [0.1, 0.15) is 0 Å². The number of nitrogens with zero attached hydrogens (tertiary/aromatic N) is 6. The Morgan fingerprint density at radius 3 is 2.65 bits per heavy atom. The highest BCUT2D eigenvalue weighted by Crippen LogP contribution is 2.25. The molecule has 0 spiro atoms. The van der Waals surface area contributed by atoms with Crippen molar-refractivity contribution in [1.82, 2.24) is 14.2 Å². The summed E-state index contributed by atoms with van der Waals surface area (Å²) in [5.74, 6) is 0. The molecule has 0 bridgehead atoms. The summed E-state index contributed by atoms with van der Waals surface area (Å²) in [4.78, 5) is 16.6. The highest BCUT2D eigenvalue weighted by molar-refractivity contribution is 7.89. The highest BCUT2D eigenvalue weighted by atomic mass is 32.2. The molecule has 10 heteroatoms. The quantitative estimate of drug-likeness (QED) is 0.656. The standard InChI is InChI=1S/C7H12N6O3S/c1-11(2)17(15,16)6-5-9-10-12(3)7(14)13(5)4-8-6/h4-6H,1-3H3. The molecule has 94 valence electrons. The lowest BCUT2D eigenvalue weighted by molar-refractivity contribution is 0.156. The molecular formula is C7H12N6O3S. The summed E-state index contributed by atoms with van der Waals surface area (Å²) in [6.45, 7) is 0. The van der Waals surface area contributed by atoms with Gasteiger partial charge in [0.15, 0.2) is 6.17 Å². The summed E-state index contributed by atoms with van der Waals surface area (Å²) in [5.41, 5.74) is 0. The fraction of sp³-hybridized carbons (Fsp3) is 0.714. The SMILES string of the molecule is CN1N=NC2C(S(=O)(=O)N(C)C)N=CN2C1=O. The van der Waals surface area contributed by atoms with Gasteiger partial charge in [0, 0.05) is 21.1 Å². The molecule has 17 heavy (non-hydrogen) atoms. The molecule has 0 aliphatic carbocycles. The summed E-state index contributed by atoms with van der Waals surface area (Å²) in [6, 6.07) is -0.454. The summed E-state index contributed by atoms with van der Waals surface area (Å²) in [7, 11) is 0.624. The van der Waals surface area contributed by atoms with Crippen LogP contribution in [0.2, 0.25) is 0 Å². The fourth-order valence-electron chi connectivity index (χ4n) is 1.48. The molecular weight excluding hydrogens is 248 g/mol. The van der Waals surface area contributed by atoms with Crippen LogP contribution in [0.3, 0.4) is 0 Å². The number of rotatable bonds is 2. The molecule has 0 saturated heterocycles. The first-order valence-electron chi connectivity index (χ1n) is 4.77. The van der Waals surface area contributed by atoms with Crippen LogP contribution in [0.5, 0.6) is 0 Å². The van der Waals surface area contributed by atoms with Crippen LogP contribution in [0, 0.1) is 0 Å². The molecule has 2 aliphatic rings. The summed E-state index contributed by atoms with van der Waals surface area (Å²) < 4.78 is 24.9. The van der Waals surface area contributed by atoms with E-state index in [1.54, 1.807) is 0 Å². The van der Waals surface area contributed by atoms with Gasteiger partial charge in [0.05, 0.1) is 6.34 Å². The van der Waals surface area contributed by atoms with Crippen LogP contribution in [0.15, 0.2) is 15.3 Å². The number of amides is 2. The van der Waals surface area contributed by atoms with Gasteiger partial charge in [-0.05, 0) is 0 Å². The molecule has 0 saturated carbocycles. The topological polar surface area (TPSA) is 98.0 Å². The van der Waals surface area contributed by atoms with Crippen LogP contribution in [0.25, 0.3) is 0 Å². The van der Waals surface area contributed by atoms with E-state index in [-0.39, 0.29) is 0 Å². The number of carbonyl (C=O) groups is 1. The number of carbonyl (C=O) groups excluding carboxylic acids is 1. The van der Waals surface area contributed by atoms with Gasteiger partial charge in [0.2, 0.25) is 15.4 Å². The first kappa shape index (κ1) is 11.9. The van der Waals surface area contributed by atoms with E-state index < -0.39 is 27.6 Å². The molecule has 0 fully saturated rings. The van der Waals surface area contributed by atoms with Gasteiger partial charge < -0.3 is 0 Å². The molecule has 2 heterocycles. The predicted octanol–water partition coefficient (Wildman–Crippen LogP) is -0.693. The molecule has 2 amide bonds. The molecule has 0 aromatic heterocycles. The maximum atomic E-state index is 11.9. The van der Waals surface area contributed by atoms with E-state index in [4.69, 9.17) is 0 Å². The van der Waals surface area contributed by atoms with Crippen molar-refractivity contribution in [2.24, 2.45) is 15.3 Å². The van der Waals surface area contributed by atoms with Crippen LogP contribution in [0.4, 0.5) is 4.79 Å². The molecule has 2 rings (SSSR count). The third-order valence-electron chi connectivity index (χ3n) is 2.49. The molecule has 0 radical (unpaired) electrons. The number of fused-ring (bicyclic) bond motifs is 1. The van der Waals surface area contributed by atoms with Gasteiger partial charge in [-0.3, -0.25) is 4.90 Å². The van der Waals surface area contributed by atoms with Crippen molar-refractivity contribution in [2.45, 2.75) is 11.5 Å². The maximum absolute atomic E-state index is 11.9. The largest absolute Gasteiger partial charge is 0.348 e. The first-order valence-corrected chi connectivity index (χ1v) is 6.27.